The Hall–Kier alpha value is -1.90. The average molecular weight is 358 g/mol. The van der Waals surface area contributed by atoms with Crippen molar-refractivity contribution in [3.05, 3.63) is 65.5 Å². The molecule has 0 aromatic heterocycles. The summed E-state index contributed by atoms with van der Waals surface area (Å²) in [4.78, 5) is -0.894. The van der Waals surface area contributed by atoms with Crippen LogP contribution in [0.1, 0.15) is 12.0 Å². The number of benzene rings is 2. The highest BCUT2D eigenvalue weighted by Crippen LogP contribution is 2.24. The summed E-state index contributed by atoms with van der Waals surface area (Å²) in [7, 11) is -4.35. The Bertz CT molecular complexity index is 798. The summed E-state index contributed by atoms with van der Waals surface area (Å²) >= 11 is 0. The molecule has 24 heavy (non-hydrogen) atoms. The highest BCUT2D eigenvalue weighted by Gasteiger charge is 2.29. The van der Waals surface area contributed by atoms with Crippen LogP contribution in [0.4, 0.5) is 13.2 Å². The van der Waals surface area contributed by atoms with Crippen LogP contribution in [-0.2, 0) is 16.6 Å². The minimum Gasteiger partial charge on any atom is -0.330 e. The maximum atomic E-state index is 13.9. The van der Waals surface area contributed by atoms with Gasteiger partial charge in [0, 0.05) is 19.2 Å². The molecule has 130 valence electrons. The molecule has 0 amide bonds. The zero-order chi connectivity index (χ0) is 17.7. The number of nitrogens with zero attached hydrogens (tertiary/aromatic N) is 1. The highest BCUT2D eigenvalue weighted by molar-refractivity contribution is 7.89. The molecular weight excluding hydrogens is 341 g/mol. The second kappa shape index (κ2) is 7.78. The summed E-state index contributed by atoms with van der Waals surface area (Å²) in [6.07, 6.45) is 0.345. The molecule has 0 aliphatic heterocycles. The van der Waals surface area contributed by atoms with Crippen molar-refractivity contribution < 1.29 is 21.6 Å². The minimum absolute atomic E-state index is 0.0262. The van der Waals surface area contributed by atoms with Gasteiger partial charge in [0.05, 0.1) is 0 Å². The van der Waals surface area contributed by atoms with Gasteiger partial charge in [0.25, 0.3) is 0 Å². The first-order valence-corrected chi connectivity index (χ1v) is 8.69. The number of hydrogen-bond acceptors (Lipinski definition) is 3. The van der Waals surface area contributed by atoms with E-state index in [-0.39, 0.29) is 25.7 Å². The van der Waals surface area contributed by atoms with Gasteiger partial charge in [-0.2, -0.15) is 4.31 Å². The third-order valence-corrected chi connectivity index (χ3v) is 5.27. The molecule has 4 nitrogen and oxygen atoms in total. The van der Waals surface area contributed by atoms with Crippen LogP contribution >= 0.6 is 0 Å². The third-order valence-electron chi connectivity index (χ3n) is 3.41. The van der Waals surface area contributed by atoms with Gasteiger partial charge in [0.15, 0.2) is 11.6 Å². The summed E-state index contributed by atoms with van der Waals surface area (Å²) in [5.41, 5.74) is 6.10. The molecule has 2 rings (SSSR count). The van der Waals surface area contributed by atoms with Gasteiger partial charge in [-0.05, 0) is 24.6 Å². The smallest absolute Gasteiger partial charge is 0.246 e. The van der Waals surface area contributed by atoms with Gasteiger partial charge in [-0.15, -0.1) is 0 Å². The molecule has 0 heterocycles. The van der Waals surface area contributed by atoms with Crippen LogP contribution in [0.2, 0.25) is 0 Å². The minimum atomic E-state index is -4.35. The molecule has 0 saturated heterocycles. The Kier molecular flexibility index (Phi) is 5.98. The third kappa shape index (κ3) is 4.14. The van der Waals surface area contributed by atoms with E-state index in [9.17, 15) is 21.6 Å². The summed E-state index contributed by atoms with van der Waals surface area (Å²) in [5.74, 6) is -4.20. The Morgan fingerprint density at radius 2 is 1.58 bits per heavy atom. The van der Waals surface area contributed by atoms with Crippen molar-refractivity contribution >= 4 is 10.0 Å². The van der Waals surface area contributed by atoms with E-state index in [2.05, 4.69) is 0 Å². The van der Waals surface area contributed by atoms with Crippen LogP contribution in [0.3, 0.4) is 0 Å². The Balaban J connectivity index is 2.41. The molecule has 0 radical (unpaired) electrons. The van der Waals surface area contributed by atoms with Crippen molar-refractivity contribution in [2.45, 2.75) is 17.9 Å². The normalized spacial score (nSPS) is 11.9. The molecule has 0 fully saturated rings. The summed E-state index contributed by atoms with van der Waals surface area (Å²) in [6, 6.07) is 9.27. The van der Waals surface area contributed by atoms with Crippen molar-refractivity contribution in [1.29, 1.82) is 0 Å². The maximum absolute atomic E-state index is 13.9. The van der Waals surface area contributed by atoms with Gasteiger partial charge in [-0.3, -0.25) is 0 Å². The summed E-state index contributed by atoms with van der Waals surface area (Å²) in [5, 5.41) is 0. The van der Waals surface area contributed by atoms with Crippen LogP contribution in [0.5, 0.6) is 0 Å². The standard InChI is InChI=1S/C16H17F3N2O2S/c17-13-9-15(19)16(10-14(13)18)24(22,23)21(8-4-7-20)11-12-5-2-1-3-6-12/h1-3,5-6,9-10H,4,7-8,11,20H2. The van der Waals surface area contributed by atoms with E-state index in [0.717, 1.165) is 4.31 Å². The van der Waals surface area contributed by atoms with Crippen molar-refractivity contribution in [3.63, 3.8) is 0 Å². The van der Waals surface area contributed by atoms with Gasteiger partial charge in [0.1, 0.15) is 10.7 Å². The molecule has 0 aliphatic rings. The summed E-state index contributed by atoms with van der Waals surface area (Å²) in [6.45, 7) is 0.245. The lowest BCUT2D eigenvalue weighted by Gasteiger charge is -2.22. The lowest BCUT2D eigenvalue weighted by molar-refractivity contribution is 0.396. The second-order valence-electron chi connectivity index (χ2n) is 5.16. The van der Waals surface area contributed by atoms with E-state index in [0.29, 0.717) is 18.1 Å². The van der Waals surface area contributed by atoms with E-state index >= 15 is 0 Å². The van der Waals surface area contributed by atoms with Crippen molar-refractivity contribution in [2.75, 3.05) is 13.1 Å². The van der Waals surface area contributed by atoms with Crippen LogP contribution in [-0.4, -0.2) is 25.8 Å². The molecule has 0 atom stereocenters. The first-order chi connectivity index (χ1) is 11.4. The zero-order valence-electron chi connectivity index (χ0n) is 12.8. The topological polar surface area (TPSA) is 63.4 Å². The zero-order valence-corrected chi connectivity index (χ0v) is 13.6. The quantitative estimate of drug-likeness (QED) is 0.774. The van der Waals surface area contributed by atoms with Crippen molar-refractivity contribution in [1.82, 2.24) is 4.31 Å². The average Bonchev–Trinajstić information content (AvgIpc) is 2.55. The number of hydrogen-bond donors (Lipinski definition) is 1. The molecular formula is C16H17F3N2O2S. The van der Waals surface area contributed by atoms with Gasteiger partial charge in [0.2, 0.25) is 10.0 Å². The fraction of sp³-hybridized carbons (Fsp3) is 0.250. The molecule has 0 saturated carbocycles. The first-order valence-electron chi connectivity index (χ1n) is 7.25. The summed E-state index contributed by atoms with van der Waals surface area (Å²) < 4.78 is 66.7. The molecule has 0 unspecified atom stereocenters. The largest absolute Gasteiger partial charge is 0.330 e. The number of halogens is 3. The van der Waals surface area contributed by atoms with Crippen molar-refractivity contribution in [2.24, 2.45) is 5.73 Å². The molecule has 0 bridgehead atoms. The monoisotopic (exact) mass is 358 g/mol. The van der Waals surface area contributed by atoms with E-state index < -0.39 is 32.4 Å². The molecule has 2 N–H and O–H groups in total. The molecule has 2 aromatic rings. The number of rotatable bonds is 7. The van der Waals surface area contributed by atoms with Gasteiger partial charge >= 0.3 is 0 Å². The molecule has 8 heteroatoms. The Morgan fingerprint density at radius 1 is 0.958 bits per heavy atom. The fourth-order valence-corrected chi connectivity index (χ4v) is 3.70. The van der Waals surface area contributed by atoms with E-state index in [1.54, 1.807) is 30.3 Å². The predicted molar refractivity (Wildman–Crippen MR) is 84.0 cm³/mol. The van der Waals surface area contributed by atoms with Gasteiger partial charge in [-0.25, -0.2) is 21.6 Å². The number of sulfonamides is 1. The lowest BCUT2D eigenvalue weighted by Crippen LogP contribution is -2.33. The predicted octanol–water partition coefficient (Wildman–Crippen LogP) is 2.64. The fourth-order valence-electron chi connectivity index (χ4n) is 2.18. The Labute approximate surface area is 138 Å². The van der Waals surface area contributed by atoms with E-state index in [1.807, 2.05) is 0 Å². The lowest BCUT2D eigenvalue weighted by atomic mass is 10.2. The van der Waals surface area contributed by atoms with Crippen molar-refractivity contribution in [3.8, 4) is 0 Å². The second-order valence-corrected chi connectivity index (χ2v) is 7.07. The van der Waals surface area contributed by atoms with Gasteiger partial charge in [-0.1, -0.05) is 30.3 Å². The van der Waals surface area contributed by atoms with Crippen LogP contribution in [0, 0.1) is 17.5 Å². The van der Waals surface area contributed by atoms with Crippen LogP contribution in [0.25, 0.3) is 0 Å². The van der Waals surface area contributed by atoms with Crippen LogP contribution < -0.4 is 5.73 Å². The van der Waals surface area contributed by atoms with E-state index in [4.69, 9.17) is 5.73 Å². The maximum Gasteiger partial charge on any atom is 0.246 e. The SMILES string of the molecule is NCCCN(Cc1ccccc1)S(=O)(=O)c1cc(F)c(F)cc1F. The van der Waals surface area contributed by atoms with Gasteiger partial charge < -0.3 is 5.73 Å². The Morgan fingerprint density at radius 3 is 2.21 bits per heavy atom. The molecule has 0 aliphatic carbocycles. The van der Waals surface area contributed by atoms with Crippen LogP contribution in [0.15, 0.2) is 47.4 Å². The molecule has 2 aromatic carbocycles. The number of nitrogens with two attached hydrogens (primary N) is 1. The van der Waals surface area contributed by atoms with E-state index in [1.165, 1.54) is 0 Å². The highest BCUT2D eigenvalue weighted by atomic mass is 32.2. The first kappa shape index (κ1) is 18.4. The molecule has 0 spiro atoms.